The zero-order valence-corrected chi connectivity index (χ0v) is 19.1. The van der Waals surface area contributed by atoms with Crippen LogP contribution in [0.1, 0.15) is 48.7 Å². The fourth-order valence-electron chi connectivity index (χ4n) is 4.38. The van der Waals surface area contributed by atoms with Crippen LogP contribution in [0.15, 0.2) is 35.2 Å². The summed E-state index contributed by atoms with van der Waals surface area (Å²) in [5, 5.41) is 14.2. The van der Waals surface area contributed by atoms with Crippen LogP contribution in [0.4, 0.5) is 16.2 Å². The maximum atomic E-state index is 12.8. The van der Waals surface area contributed by atoms with E-state index >= 15 is 0 Å². The second-order valence-corrected chi connectivity index (χ2v) is 8.36. The van der Waals surface area contributed by atoms with E-state index in [1.54, 1.807) is 25.7 Å². The molecule has 2 amide bonds. The first-order chi connectivity index (χ1) is 16.6. The second-order valence-electron chi connectivity index (χ2n) is 8.36. The van der Waals surface area contributed by atoms with Crippen LogP contribution in [0.2, 0.25) is 0 Å². The van der Waals surface area contributed by atoms with Gasteiger partial charge < -0.3 is 19.9 Å². The topological polar surface area (TPSA) is 132 Å². The zero-order valence-electron chi connectivity index (χ0n) is 19.1. The Morgan fingerprint density at radius 3 is 2.88 bits per heavy atom. The van der Waals surface area contributed by atoms with Gasteiger partial charge in [0.2, 0.25) is 11.7 Å². The van der Waals surface area contributed by atoms with Crippen LogP contribution in [-0.4, -0.2) is 49.5 Å². The van der Waals surface area contributed by atoms with Gasteiger partial charge in [0.25, 0.3) is 0 Å². The number of fused-ring (bicyclic) bond motifs is 1. The lowest BCUT2D eigenvalue weighted by molar-refractivity contribution is 0.192. The van der Waals surface area contributed by atoms with E-state index in [9.17, 15) is 4.79 Å². The smallest absolute Gasteiger partial charge is 0.323 e. The number of hydrogen-bond donors (Lipinski definition) is 2. The maximum absolute atomic E-state index is 12.8. The van der Waals surface area contributed by atoms with E-state index in [1.165, 1.54) is 12.8 Å². The van der Waals surface area contributed by atoms with Crippen molar-refractivity contribution in [2.45, 2.75) is 44.9 Å². The number of methoxy groups -OCH3 is 1. The number of amides is 2. The molecule has 34 heavy (non-hydrogen) atoms. The molecule has 11 nitrogen and oxygen atoms in total. The summed E-state index contributed by atoms with van der Waals surface area (Å²) in [6, 6.07) is 3.31. The molecular formula is C23H26N8O3. The zero-order chi connectivity index (χ0) is 23.5. The molecule has 1 aliphatic carbocycles. The van der Waals surface area contributed by atoms with Crippen LogP contribution in [0.3, 0.4) is 0 Å². The van der Waals surface area contributed by atoms with E-state index < -0.39 is 0 Å². The Morgan fingerprint density at radius 2 is 2.09 bits per heavy atom. The predicted octanol–water partition coefficient (Wildman–Crippen LogP) is 3.97. The van der Waals surface area contributed by atoms with E-state index in [2.05, 4.69) is 35.8 Å². The lowest BCUT2D eigenvalue weighted by Gasteiger charge is -2.17. The van der Waals surface area contributed by atoms with Gasteiger partial charge in [-0.15, -0.1) is 0 Å². The van der Waals surface area contributed by atoms with Crippen molar-refractivity contribution in [1.29, 1.82) is 0 Å². The number of carbonyl (C=O) groups is 1. The molecule has 5 rings (SSSR count). The molecule has 0 aromatic carbocycles. The number of pyridine rings is 1. The van der Waals surface area contributed by atoms with E-state index in [1.807, 2.05) is 23.6 Å². The average Bonchev–Trinajstić information content (AvgIpc) is 3.59. The number of hydrogen-bond acceptors (Lipinski definition) is 8. The largest absolute Gasteiger partial charge is 0.384 e. The molecule has 0 saturated heterocycles. The van der Waals surface area contributed by atoms with Gasteiger partial charge in [-0.05, 0) is 31.4 Å². The summed E-state index contributed by atoms with van der Waals surface area (Å²) in [5.74, 6) is 1.23. The predicted molar refractivity (Wildman–Crippen MR) is 125 cm³/mol. The molecular weight excluding hydrogens is 436 g/mol. The molecule has 0 spiro atoms. The molecule has 4 heterocycles. The Bertz CT molecular complexity index is 1310. The fourth-order valence-corrected chi connectivity index (χ4v) is 4.38. The monoisotopic (exact) mass is 462 g/mol. The highest BCUT2D eigenvalue weighted by Gasteiger charge is 2.24. The minimum absolute atomic E-state index is 0.340. The molecule has 0 unspecified atom stereocenters. The summed E-state index contributed by atoms with van der Waals surface area (Å²) in [7, 11) is 1.62. The number of aryl methyl sites for hydroxylation is 1. The molecule has 4 aromatic heterocycles. The van der Waals surface area contributed by atoms with Crippen LogP contribution >= 0.6 is 0 Å². The van der Waals surface area contributed by atoms with Crippen LogP contribution in [0, 0.1) is 6.92 Å². The Balaban J connectivity index is 1.31. The summed E-state index contributed by atoms with van der Waals surface area (Å²) < 4.78 is 12.1. The summed E-state index contributed by atoms with van der Waals surface area (Å²) in [6.45, 7) is 2.38. The van der Waals surface area contributed by atoms with Gasteiger partial charge in [0, 0.05) is 19.1 Å². The van der Waals surface area contributed by atoms with Crippen LogP contribution in [0.25, 0.3) is 17.2 Å². The third kappa shape index (κ3) is 4.46. The SMILES string of the molecule is COCCc1nc(-c2ncc(NC(=O)Nc3cnc4ccnn4c3C3CCCC3)cc2C)no1. The lowest BCUT2D eigenvalue weighted by Crippen LogP contribution is -2.22. The van der Waals surface area contributed by atoms with E-state index in [-0.39, 0.29) is 6.03 Å². The van der Waals surface area contributed by atoms with Crippen molar-refractivity contribution < 1.29 is 14.1 Å². The summed E-state index contributed by atoms with van der Waals surface area (Å²) in [6.07, 6.45) is 10.0. The molecule has 1 saturated carbocycles. The number of rotatable bonds is 7. The summed E-state index contributed by atoms with van der Waals surface area (Å²) >= 11 is 0. The highest BCUT2D eigenvalue weighted by Crippen LogP contribution is 2.37. The van der Waals surface area contributed by atoms with Crippen molar-refractivity contribution in [3.05, 3.63) is 47.9 Å². The third-order valence-corrected chi connectivity index (χ3v) is 5.98. The average molecular weight is 463 g/mol. The van der Waals surface area contributed by atoms with Crippen molar-refractivity contribution in [2.75, 3.05) is 24.4 Å². The van der Waals surface area contributed by atoms with Crippen LogP contribution in [-0.2, 0) is 11.2 Å². The summed E-state index contributed by atoms with van der Waals surface area (Å²) in [5.41, 5.74) is 4.39. The van der Waals surface area contributed by atoms with E-state index in [4.69, 9.17) is 9.26 Å². The molecule has 1 fully saturated rings. The lowest BCUT2D eigenvalue weighted by atomic mass is 10.0. The molecule has 0 atom stereocenters. The first-order valence-corrected chi connectivity index (χ1v) is 11.3. The highest BCUT2D eigenvalue weighted by molar-refractivity contribution is 6.00. The number of aromatic nitrogens is 6. The molecule has 176 valence electrons. The van der Waals surface area contributed by atoms with Gasteiger partial charge in [0.05, 0.1) is 48.7 Å². The van der Waals surface area contributed by atoms with Crippen molar-refractivity contribution in [2.24, 2.45) is 0 Å². The highest BCUT2D eigenvalue weighted by atomic mass is 16.5. The van der Waals surface area contributed by atoms with Gasteiger partial charge in [-0.2, -0.15) is 10.1 Å². The van der Waals surface area contributed by atoms with Crippen LogP contribution < -0.4 is 10.6 Å². The maximum Gasteiger partial charge on any atom is 0.323 e. The van der Waals surface area contributed by atoms with Gasteiger partial charge in [0.1, 0.15) is 5.69 Å². The van der Waals surface area contributed by atoms with Crippen molar-refractivity contribution >= 4 is 23.1 Å². The number of urea groups is 1. The Morgan fingerprint density at radius 1 is 1.24 bits per heavy atom. The van der Waals surface area contributed by atoms with Crippen molar-refractivity contribution in [1.82, 2.24) is 29.7 Å². The molecule has 2 N–H and O–H groups in total. The summed E-state index contributed by atoms with van der Waals surface area (Å²) in [4.78, 5) is 26.1. The Labute approximate surface area is 195 Å². The van der Waals surface area contributed by atoms with E-state index in [0.29, 0.717) is 47.7 Å². The minimum Gasteiger partial charge on any atom is -0.384 e. The first kappa shape index (κ1) is 22.0. The molecule has 0 bridgehead atoms. The third-order valence-electron chi connectivity index (χ3n) is 5.98. The molecule has 0 radical (unpaired) electrons. The van der Waals surface area contributed by atoms with Gasteiger partial charge >= 0.3 is 6.03 Å². The number of nitrogens with one attached hydrogen (secondary N) is 2. The van der Waals surface area contributed by atoms with E-state index in [0.717, 1.165) is 29.7 Å². The number of anilines is 2. The Hall–Kier alpha value is -3.86. The van der Waals surface area contributed by atoms with Gasteiger partial charge in [0.15, 0.2) is 5.65 Å². The Kier molecular flexibility index (Phi) is 6.17. The molecule has 4 aromatic rings. The number of nitrogens with zero attached hydrogens (tertiary/aromatic N) is 6. The molecule has 11 heteroatoms. The second kappa shape index (κ2) is 9.56. The number of ether oxygens (including phenoxy) is 1. The van der Waals surface area contributed by atoms with Crippen molar-refractivity contribution in [3.8, 4) is 11.5 Å². The quantitative estimate of drug-likeness (QED) is 0.421. The van der Waals surface area contributed by atoms with Gasteiger partial charge in [-0.3, -0.25) is 4.98 Å². The van der Waals surface area contributed by atoms with Crippen LogP contribution in [0.5, 0.6) is 0 Å². The standard InChI is InChI=1S/C23H26N8O3/c1-14-11-16(12-25-20(14)22-29-19(34-30-22)8-10-33-2)27-23(32)28-17-13-24-18-7-9-26-31(18)21(17)15-5-3-4-6-15/h7,9,11-13,15H,3-6,8,10H2,1-2H3,(H2,27,28,32). The minimum atomic E-state index is -0.372. The molecule has 1 aliphatic rings. The number of carbonyl (C=O) groups excluding carboxylic acids is 1. The molecule has 0 aliphatic heterocycles. The van der Waals surface area contributed by atoms with Crippen molar-refractivity contribution in [3.63, 3.8) is 0 Å². The van der Waals surface area contributed by atoms with Gasteiger partial charge in [-0.1, -0.05) is 18.0 Å². The first-order valence-electron chi connectivity index (χ1n) is 11.3. The normalized spacial score (nSPS) is 14.1. The fraction of sp³-hybridized carbons (Fsp3) is 0.391. The van der Waals surface area contributed by atoms with Gasteiger partial charge in [-0.25, -0.2) is 14.3 Å².